The molecule has 0 radical (unpaired) electrons. The number of aliphatic carboxylic acids is 1. The van der Waals surface area contributed by atoms with E-state index in [0.29, 0.717) is 34.6 Å². The summed E-state index contributed by atoms with van der Waals surface area (Å²) < 4.78 is 80.9. The maximum absolute atomic E-state index is 13.8. The maximum atomic E-state index is 13.8. The number of aromatic nitrogens is 1. The van der Waals surface area contributed by atoms with E-state index in [0.717, 1.165) is 31.2 Å². The molecule has 3 N–H and O–H groups in total. The molecule has 1 heterocycles. The highest BCUT2D eigenvalue weighted by Crippen LogP contribution is 2.43. The van der Waals surface area contributed by atoms with Crippen molar-refractivity contribution in [3.05, 3.63) is 88.5 Å². The second-order valence-electron chi connectivity index (χ2n) is 11.4. The zero-order valence-corrected chi connectivity index (χ0v) is 26.1. The Bertz CT molecular complexity index is 1780. The first-order valence-electron chi connectivity index (χ1n) is 15.1. The molecule has 1 aliphatic carbocycles. The first-order valence-corrected chi connectivity index (χ1v) is 15.9. The molecular formula is C34H34F6N4O4S. The van der Waals surface area contributed by atoms with Crippen molar-refractivity contribution in [1.29, 1.82) is 0 Å². The van der Waals surface area contributed by atoms with Crippen LogP contribution in [0.15, 0.2) is 60.7 Å². The summed E-state index contributed by atoms with van der Waals surface area (Å²) in [5, 5.41) is 13.4. The largest absolute Gasteiger partial charge is 0.481 e. The molecule has 1 aromatic heterocycles. The van der Waals surface area contributed by atoms with Gasteiger partial charge in [-0.25, -0.2) is 9.78 Å². The minimum Gasteiger partial charge on any atom is -0.481 e. The van der Waals surface area contributed by atoms with Gasteiger partial charge in [-0.3, -0.25) is 19.8 Å². The number of hydrogen-bond acceptors (Lipinski definition) is 5. The average molecular weight is 709 g/mol. The predicted molar refractivity (Wildman–Crippen MR) is 175 cm³/mol. The number of nitrogens with one attached hydrogen (secondary N) is 2. The summed E-state index contributed by atoms with van der Waals surface area (Å²) in [6, 6.07) is 13.3. The second kappa shape index (κ2) is 15.3. The smallest absolute Gasteiger partial charge is 0.417 e. The molecule has 1 aliphatic rings. The van der Waals surface area contributed by atoms with Crippen LogP contribution in [0.1, 0.15) is 84.5 Å². The molecule has 8 nitrogen and oxygen atoms in total. The van der Waals surface area contributed by atoms with Gasteiger partial charge in [-0.15, -0.1) is 0 Å². The highest BCUT2D eigenvalue weighted by atomic mass is 32.1. The summed E-state index contributed by atoms with van der Waals surface area (Å²) in [7, 11) is 0. The molecule has 5 rings (SSSR count). The SMILES string of the molecule is C.O=C(O)CCNC(=O)c1ccc(CN(C(=O)Nc2nc3cc(C(F)(F)F)cc(C(F)(F)F)c3s2)c2ccc(C3CCCCC3)cc2)cc1. The van der Waals surface area contributed by atoms with E-state index in [4.69, 9.17) is 5.11 Å². The van der Waals surface area contributed by atoms with E-state index >= 15 is 0 Å². The van der Waals surface area contributed by atoms with Gasteiger partial charge < -0.3 is 10.4 Å². The number of anilines is 2. The van der Waals surface area contributed by atoms with Crippen molar-refractivity contribution in [2.45, 2.75) is 70.8 Å². The fraction of sp³-hybridized carbons (Fsp3) is 0.353. The molecule has 262 valence electrons. The number of rotatable bonds is 9. The van der Waals surface area contributed by atoms with Gasteiger partial charge in [-0.2, -0.15) is 26.3 Å². The lowest BCUT2D eigenvalue weighted by Gasteiger charge is -2.25. The third-order valence-electron chi connectivity index (χ3n) is 8.04. The number of carboxylic acid groups (broad SMARTS) is 1. The highest BCUT2D eigenvalue weighted by Gasteiger charge is 2.39. The van der Waals surface area contributed by atoms with Crippen LogP contribution in [0.25, 0.3) is 10.2 Å². The summed E-state index contributed by atoms with van der Waals surface area (Å²) in [4.78, 5) is 42.0. The van der Waals surface area contributed by atoms with Crippen LogP contribution in [0, 0.1) is 0 Å². The Morgan fingerprint density at radius 2 is 1.55 bits per heavy atom. The van der Waals surface area contributed by atoms with Crippen molar-refractivity contribution in [2.24, 2.45) is 0 Å². The number of nitrogens with zero attached hydrogens (tertiary/aromatic N) is 2. The molecule has 0 bridgehead atoms. The number of fused-ring (bicyclic) bond motifs is 1. The number of alkyl halides is 6. The monoisotopic (exact) mass is 708 g/mol. The number of carbonyl (C=O) groups is 3. The van der Waals surface area contributed by atoms with Crippen LogP contribution in [0.5, 0.6) is 0 Å². The van der Waals surface area contributed by atoms with Gasteiger partial charge in [-0.05, 0) is 66.3 Å². The van der Waals surface area contributed by atoms with Gasteiger partial charge in [0, 0.05) is 17.8 Å². The number of amides is 3. The van der Waals surface area contributed by atoms with Gasteiger partial charge in [0.25, 0.3) is 5.91 Å². The molecule has 0 unspecified atom stereocenters. The van der Waals surface area contributed by atoms with Gasteiger partial charge >= 0.3 is 24.4 Å². The first-order chi connectivity index (χ1) is 22.7. The van der Waals surface area contributed by atoms with Gasteiger partial charge in [0.15, 0.2) is 5.13 Å². The van der Waals surface area contributed by atoms with Crippen molar-refractivity contribution in [2.75, 3.05) is 16.8 Å². The fourth-order valence-electron chi connectivity index (χ4n) is 5.59. The van der Waals surface area contributed by atoms with Crippen molar-refractivity contribution in [1.82, 2.24) is 10.3 Å². The van der Waals surface area contributed by atoms with Crippen molar-refractivity contribution >= 4 is 50.3 Å². The summed E-state index contributed by atoms with van der Waals surface area (Å²) in [6.45, 7) is -0.110. The zero-order chi connectivity index (χ0) is 34.6. The van der Waals surface area contributed by atoms with Gasteiger partial charge in [0.1, 0.15) is 0 Å². The van der Waals surface area contributed by atoms with Crippen LogP contribution in [-0.4, -0.2) is 34.5 Å². The highest BCUT2D eigenvalue weighted by molar-refractivity contribution is 7.22. The topological polar surface area (TPSA) is 112 Å². The predicted octanol–water partition coefficient (Wildman–Crippen LogP) is 9.46. The molecule has 0 spiro atoms. The van der Waals surface area contributed by atoms with Gasteiger partial charge in [0.05, 0.1) is 34.3 Å². The molecule has 49 heavy (non-hydrogen) atoms. The minimum atomic E-state index is -5.10. The van der Waals surface area contributed by atoms with Crippen LogP contribution in [-0.2, 0) is 23.7 Å². The summed E-state index contributed by atoms with van der Waals surface area (Å²) >= 11 is 0.414. The summed E-state index contributed by atoms with van der Waals surface area (Å²) in [5.41, 5.74) is -1.19. The van der Waals surface area contributed by atoms with Crippen LogP contribution < -0.4 is 15.5 Å². The minimum absolute atomic E-state index is 0. The molecule has 4 aromatic rings. The Hall–Kier alpha value is -4.66. The van der Waals surface area contributed by atoms with Crippen molar-refractivity contribution < 1.29 is 45.8 Å². The van der Waals surface area contributed by atoms with E-state index in [-0.39, 0.29) is 43.7 Å². The second-order valence-corrected chi connectivity index (χ2v) is 12.4. The third kappa shape index (κ3) is 9.28. The van der Waals surface area contributed by atoms with Crippen molar-refractivity contribution in [3.8, 4) is 0 Å². The number of benzene rings is 3. The fourth-order valence-corrected chi connectivity index (χ4v) is 6.56. The van der Waals surface area contributed by atoms with Crippen LogP contribution in [0.2, 0.25) is 0 Å². The Balaban J connectivity index is 0.00000541. The molecular weight excluding hydrogens is 674 g/mol. The first kappa shape index (κ1) is 37.2. The Kier molecular flexibility index (Phi) is 11.6. The lowest BCUT2D eigenvalue weighted by molar-refractivity contribution is -0.142. The molecule has 15 heteroatoms. The van der Waals surface area contributed by atoms with E-state index in [1.807, 2.05) is 12.1 Å². The zero-order valence-electron chi connectivity index (χ0n) is 25.3. The van der Waals surface area contributed by atoms with Gasteiger partial charge in [0.2, 0.25) is 0 Å². The number of thiazole rings is 1. The van der Waals surface area contributed by atoms with E-state index in [2.05, 4.69) is 15.6 Å². The molecule has 0 aliphatic heterocycles. The molecule has 0 atom stereocenters. The molecule has 1 saturated carbocycles. The molecule has 1 fully saturated rings. The summed E-state index contributed by atoms with van der Waals surface area (Å²) in [6.07, 6.45) is -4.87. The van der Waals surface area contributed by atoms with Crippen LogP contribution >= 0.6 is 11.3 Å². The number of carbonyl (C=O) groups excluding carboxylic acids is 2. The van der Waals surface area contributed by atoms with E-state index in [1.165, 1.54) is 23.5 Å². The van der Waals surface area contributed by atoms with E-state index < -0.39 is 51.6 Å². The van der Waals surface area contributed by atoms with Crippen molar-refractivity contribution in [3.63, 3.8) is 0 Å². The molecule has 3 aromatic carbocycles. The quantitative estimate of drug-likeness (QED) is 0.150. The maximum Gasteiger partial charge on any atom is 0.417 e. The number of urea groups is 1. The standard InChI is InChI=1S/C33H30F6N4O4S.CH4/c34-32(35,36)23-16-25(33(37,38)39)28-26(17-23)41-30(48-28)42-31(47)43(24-12-10-21(11-13-24)20-4-2-1-3-5-20)18-19-6-8-22(9-7-19)29(46)40-15-14-27(44)45;/h6-13,16-17,20H,1-5,14-15,18H2,(H,40,46)(H,44,45)(H,41,42,47);1H4. The van der Waals surface area contributed by atoms with Crippen LogP contribution in [0.4, 0.5) is 42.0 Å². The molecule has 3 amide bonds. The van der Waals surface area contributed by atoms with E-state index in [1.54, 1.807) is 24.3 Å². The Morgan fingerprint density at radius 1 is 0.898 bits per heavy atom. The third-order valence-corrected chi connectivity index (χ3v) is 9.06. The lowest BCUT2D eigenvalue weighted by atomic mass is 9.84. The lowest BCUT2D eigenvalue weighted by Crippen LogP contribution is -2.34. The summed E-state index contributed by atoms with van der Waals surface area (Å²) in [5.74, 6) is -1.16. The van der Waals surface area contributed by atoms with Crippen LogP contribution in [0.3, 0.4) is 0 Å². The Labute approximate surface area is 282 Å². The average Bonchev–Trinajstić information content (AvgIpc) is 3.45. The normalized spacial score (nSPS) is 13.8. The van der Waals surface area contributed by atoms with E-state index in [9.17, 15) is 40.7 Å². The van der Waals surface area contributed by atoms with Gasteiger partial charge in [-0.1, -0.05) is 62.3 Å². The number of carboxylic acids is 1. The molecule has 0 saturated heterocycles. The number of halogens is 6. The Morgan fingerprint density at radius 3 is 2.14 bits per heavy atom. The number of hydrogen-bond donors (Lipinski definition) is 3.